The Morgan fingerprint density at radius 3 is 2.87 bits per heavy atom. The molecule has 1 amide bonds. The number of ether oxygens (including phenoxy) is 1. The topological polar surface area (TPSA) is 67.4 Å². The molecule has 0 aromatic carbocycles. The second-order valence-corrected chi connectivity index (χ2v) is 7.27. The molecule has 124 valence electrons. The molecule has 7 heteroatoms. The van der Waals surface area contributed by atoms with Crippen molar-refractivity contribution < 1.29 is 9.53 Å². The maximum absolute atomic E-state index is 12.3. The van der Waals surface area contributed by atoms with Crippen molar-refractivity contribution in [3.05, 3.63) is 17.3 Å². The van der Waals surface area contributed by atoms with Crippen LogP contribution in [0.25, 0.3) is 10.2 Å². The number of aromatic nitrogens is 2. The van der Waals surface area contributed by atoms with Crippen molar-refractivity contribution in [1.29, 1.82) is 0 Å². The van der Waals surface area contributed by atoms with Crippen molar-refractivity contribution in [1.82, 2.24) is 14.9 Å². The number of aryl methyl sites for hydroxylation is 1. The Balaban J connectivity index is 1.57. The quantitative estimate of drug-likeness (QED) is 0.930. The van der Waals surface area contributed by atoms with E-state index in [1.807, 2.05) is 18.7 Å². The predicted octanol–water partition coefficient (Wildman–Crippen LogP) is 2.44. The lowest BCUT2D eigenvalue weighted by Gasteiger charge is -2.35. The molecule has 2 aromatic heterocycles. The molecule has 3 heterocycles. The van der Waals surface area contributed by atoms with E-state index in [2.05, 4.69) is 28.3 Å². The minimum Gasteiger partial charge on any atom is -0.372 e. The van der Waals surface area contributed by atoms with Gasteiger partial charge in [-0.15, -0.1) is 11.3 Å². The molecule has 0 saturated carbocycles. The Kier molecular flexibility index (Phi) is 4.77. The summed E-state index contributed by atoms with van der Waals surface area (Å²) in [5.41, 5.74) is 0. The van der Waals surface area contributed by atoms with Gasteiger partial charge in [-0.3, -0.25) is 4.79 Å². The lowest BCUT2D eigenvalue weighted by atomic mass is 10.2. The summed E-state index contributed by atoms with van der Waals surface area (Å²) in [4.78, 5) is 25.0. The largest absolute Gasteiger partial charge is 0.372 e. The number of carbonyl (C=O) groups is 1. The molecule has 1 N–H and O–H groups in total. The van der Waals surface area contributed by atoms with Gasteiger partial charge in [0, 0.05) is 30.9 Å². The molecule has 6 nitrogen and oxygen atoms in total. The van der Waals surface area contributed by atoms with Crippen molar-refractivity contribution in [3.8, 4) is 0 Å². The van der Waals surface area contributed by atoms with Crippen LogP contribution in [0.3, 0.4) is 0 Å². The minimum atomic E-state index is 0.103. The molecule has 2 atom stereocenters. The Morgan fingerprint density at radius 2 is 2.13 bits per heavy atom. The van der Waals surface area contributed by atoms with Gasteiger partial charge in [-0.05, 0) is 26.8 Å². The molecule has 0 aliphatic carbocycles. The minimum absolute atomic E-state index is 0.103. The van der Waals surface area contributed by atoms with Crippen LogP contribution in [0.1, 0.15) is 25.1 Å². The first-order valence-corrected chi connectivity index (χ1v) is 8.73. The summed E-state index contributed by atoms with van der Waals surface area (Å²) in [7, 11) is 0. The van der Waals surface area contributed by atoms with Crippen LogP contribution in [0.15, 0.2) is 12.4 Å². The highest BCUT2D eigenvalue weighted by Gasteiger charge is 2.25. The number of fused-ring (bicyclic) bond motifs is 1. The van der Waals surface area contributed by atoms with Crippen LogP contribution < -0.4 is 5.32 Å². The highest BCUT2D eigenvalue weighted by atomic mass is 32.1. The summed E-state index contributed by atoms with van der Waals surface area (Å²) in [6, 6.07) is 2.08. The molecule has 1 fully saturated rings. The maximum atomic E-state index is 12.3. The van der Waals surface area contributed by atoms with E-state index in [1.165, 1.54) is 4.88 Å². The van der Waals surface area contributed by atoms with Gasteiger partial charge in [0.25, 0.3) is 0 Å². The lowest BCUT2D eigenvalue weighted by Crippen LogP contribution is -2.48. The molecule has 0 bridgehead atoms. The van der Waals surface area contributed by atoms with Gasteiger partial charge in [-0.1, -0.05) is 0 Å². The maximum Gasteiger partial charge on any atom is 0.224 e. The summed E-state index contributed by atoms with van der Waals surface area (Å²) in [5, 5.41) is 4.29. The number of hydrogen-bond acceptors (Lipinski definition) is 6. The second kappa shape index (κ2) is 6.80. The van der Waals surface area contributed by atoms with Gasteiger partial charge in [-0.25, -0.2) is 9.97 Å². The number of morpholine rings is 1. The molecule has 3 rings (SSSR count). The average Bonchev–Trinajstić information content (AvgIpc) is 2.87. The lowest BCUT2D eigenvalue weighted by molar-refractivity contribution is -0.142. The first-order chi connectivity index (χ1) is 11.0. The zero-order chi connectivity index (χ0) is 16.4. The van der Waals surface area contributed by atoms with Crippen molar-refractivity contribution in [3.63, 3.8) is 0 Å². The van der Waals surface area contributed by atoms with E-state index in [1.54, 1.807) is 17.7 Å². The summed E-state index contributed by atoms with van der Waals surface area (Å²) in [5.74, 6) is 0.960. The van der Waals surface area contributed by atoms with Crippen molar-refractivity contribution in [2.24, 2.45) is 0 Å². The van der Waals surface area contributed by atoms with E-state index in [-0.39, 0.29) is 18.1 Å². The van der Waals surface area contributed by atoms with E-state index in [9.17, 15) is 4.79 Å². The number of anilines is 1. The zero-order valence-electron chi connectivity index (χ0n) is 13.7. The van der Waals surface area contributed by atoms with Crippen molar-refractivity contribution in [2.45, 2.75) is 39.4 Å². The number of rotatable bonds is 4. The van der Waals surface area contributed by atoms with E-state index in [0.29, 0.717) is 26.1 Å². The number of thiophene rings is 1. The zero-order valence-corrected chi connectivity index (χ0v) is 14.5. The molecule has 23 heavy (non-hydrogen) atoms. The summed E-state index contributed by atoms with van der Waals surface area (Å²) in [6.45, 7) is 7.98. The summed E-state index contributed by atoms with van der Waals surface area (Å²) < 4.78 is 5.67. The number of hydrogen-bond donors (Lipinski definition) is 1. The number of nitrogens with one attached hydrogen (secondary N) is 1. The SMILES string of the molecule is Cc1cc2c(NCCC(=O)N3C[C@H](C)O[C@@H](C)C3)ncnc2s1. The first-order valence-electron chi connectivity index (χ1n) is 7.91. The molecular weight excluding hydrogens is 312 g/mol. The van der Waals surface area contributed by atoms with Gasteiger partial charge in [0.05, 0.1) is 17.6 Å². The van der Waals surface area contributed by atoms with E-state index >= 15 is 0 Å². The molecular formula is C16H22N4O2S. The predicted molar refractivity (Wildman–Crippen MR) is 91.8 cm³/mol. The van der Waals surface area contributed by atoms with Crippen LogP contribution in [-0.2, 0) is 9.53 Å². The fourth-order valence-electron chi connectivity index (χ4n) is 2.94. The van der Waals surface area contributed by atoms with Gasteiger partial charge in [-0.2, -0.15) is 0 Å². The summed E-state index contributed by atoms with van der Waals surface area (Å²) >= 11 is 1.65. The first kappa shape index (κ1) is 16.1. The van der Waals surface area contributed by atoms with E-state index in [0.717, 1.165) is 16.0 Å². The number of amides is 1. The molecule has 0 unspecified atom stereocenters. The second-order valence-electron chi connectivity index (χ2n) is 6.03. The Hall–Kier alpha value is -1.73. The molecule has 0 spiro atoms. The molecule has 2 aromatic rings. The fourth-order valence-corrected chi connectivity index (χ4v) is 3.79. The van der Waals surface area contributed by atoms with Gasteiger partial charge in [0.15, 0.2) is 0 Å². The van der Waals surface area contributed by atoms with Gasteiger partial charge in [0.2, 0.25) is 5.91 Å². The Bertz CT molecular complexity index is 692. The monoisotopic (exact) mass is 334 g/mol. The standard InChI is InChI=1S/C16H22N4O2S/c1-10-7-20(8-11(2)22-10)14(21)4-5-17-15-13-6-12(3)23-16(13)19-9-18-15/h6,9-11H,4-5,7-8H2,1-3H3,(H,17,18,19)/t10-,11-/m0/s1. The van der Waals surface area contributed by atoms with Crippen LogP contribution in [-0.4, -0.2) is 52.6 Å². The summed E-state index contributed by atoms with van der Waals surface area (Å²) in [6.07, 6.45) is 2.22. The number of nitrogens with zero attached hydrogens (tertiary/aromatic N) is 3. The number of carbonyl (C=O) groups excluding carboxylic acids is 1. The van der Waals surface area contributed by atoms with E-state index in [4.69, 9.17) is 4.74 Å². The molecule has 1 saturated heterocycles. The average molecular weight is 334 g/mol. The van der Waals surface area contributed by atoms with Crippen LogP contribution in [0.2, 0.25) is 0 Å². The third-order valence-corrected chi connectivity index (χ3v) is 4.81. The van der Waals surface area contributed by atoms with Crippen LogP contribution >= 0.6 is 11.3 Å². The third kappa shape index (κ3) is 3.79. The third-order valence-electron chi connectivity index (χ3n) is 3.86. The van der Waals surface area contributed by atoms with Crippen LogP contribution in [0.5, 0.6) is 0 Å². The normalized spacial score (nSPS) is 21.6. The van der Waals surface area contributed by atoms with Crippen molar-refractivity contribution >= 4 is 33.3 Å². The molecule has 0 radical (unpaired) electrons. The van der Waals surface area contributed by atoms with Gasteiger partial charge < -0.3 is 15.0 Å². The highest BCUT2D eigenvalue weighted by molar-refractivity contribution is 7.18. The van der Waals surface area contributed by atoms with E-state index < -0.39 is 0 Å². The highest BCUT2D eigenvalue weighted by Crippen LogP contribution is 2.27. The fraction of sp³-hybridized carbons (Fsp3) is 0.562. The van der Waals surface area contributed by atoms with Crippen LogP contribution in [0.4, 0.5) is 5.82 Å². The Labute approximate surface area is 139 Å². The Morgan fingerprint density at radius 1 is 1.39 bits per heavy atom. The molecule has 1 aliphatic heterocycles. The molecule has 1 aliphatic rings. The van der Waals surface area contributed by atoms with Crippen LogP contribution in [0, 0.1) is 6.92 Å². The van der Waals surface area contributed by atoms with Gasteiger partial charge >= 0.3 is 0 Å². The smallest absolute Gasteiger partial charge is 0.224 e. The van der Waals surface area contributed by atoms with Crippen molar-refractivity contribution in [2.75, 3.05) is 25.0 Å². The van der Waals surface area contributed by atoms with Gasteiger partial charge in [0.1, 0.15) is 17.0 Å².